The normalized spacial score (nSPS) is 11.6. The Bertz CT molecular complexity index is 810. The molecular weight excluding hydrogens is 276 g/mol. The molecule has 22 heavy (non-hydrogen) atoms. The van der Waals surface area contributed by atoms with Crippen LogP contribution in [0.4, 0.5) is 0 Å². The summed E-state index contributed by atoms with van der Waals surface area (Å²) in [7, 11) is 1.43. The van der Waals surface area contributed by atoms with Crippen LogP contribution in [-0.4, -0.2) is 23.0 Å². The zero-order chi connectivity index (χ0) is 15.4. The first-order valence-electron chi connectivity index (χ1n) is 7.04. The number of hydroxylamine groups is 1. The van der Waals surface area contributed by atoms with E-state index in [2.05, 4.69) is 4.98 Å². The topological polar surface area (TPSA) is 48.2 Å². The summed E-state index contributed by atoms with van der Waals surface area (Å²) in [4.78, 5) is 4.51. The number of rotatable bonds is 4. The van der Waals surface area contributed by atoms with Gasteiger partial charge in [-0.1, -0.05) is 48.5 Å². The molecule has 0 N–H and O–H groups in total. The SMILES string of the molecule is C/[N+]([O-])=C/c1ccc2cccc(OCc3ccccc3)c2n1. The summed E-state index contributed by atoms with van der Waals surface area (Å²) in [6.07, 6.45) is 1.44. The average molecular weight is 292 g/mol. The molecule has 0 atom stereocenters. The van der Waals surface area contributed by atoms with Crippen molar-refractivity contribution in [3.05, 3.63) is 77.1 Å². The summed E-state index contributed by atoms with van der Waals surface area (Å²) in [5.41, 5.74) is 2.47. The van der Waals surface area contributed by atoms with Crippen molar-refractivity contribution >= 4 is 17.1 Å². The Hall–Kier alpha value is -2.88. The minimum absolute atomic E-state index is 0.483. The minimum Gasteiger partial charge on any atom is -0.624 e. The van der Waals surface area contributed by atoms with Gasteiger partial charge in [-0.3, -0.25) is 0 Å². The lowest BCUT2D eigenvalue weighted by Gasteiger charge is -2.09. The predicted octanol–water partition coefficient (Wildman–Crippen LogP) is 3.37. The highest BCUT2D eigenvalue weighted by Gasteiger charge is 2.06. The Morgan fingerprint density at radius 2 is 1.86 bits per heavy atom. The number of aromatic nitrogens is 1. The van der Waals surface area contributed by atoms with Crippen molar-refractivity contribution in [2.45, 2.75) is 6.61 Å². The molecule has 0 saturated carbocycles. The molecule has 0 aliphatic rings. The Balaban J connectivity index is 1.93. The highest BCUT2D eigenvalue weighted by atomic mass is 16.5. The second kappa shape index (κ2) is 6.26. The van der Waals surface area contributed by atoms with Crippen LogP contribution in [0.1, 0.15) is 11.3 Å². The van der Waals surface area contributed by atoms with E-state index in [0.29, 0.717) is 18.1 Å². The van der Waals surface area contributed by atoms with Crippen LogP contribution in [0.2, 0.25) is 0 Å². The molecule has 2 aromatic carbocycles. The first-order chi connectivity index (χ1) is 10.7. The van der Waals surface area contributed by atoms with E-state index in [4.69, 9.17) is 4.74 Å². The fourth-order valence-electron chi connectivity index (χ4n) is 2.24. The lowest BCUT2D eigenvalue weighted by atomic mass is 10.2. The molecule has 4 nitrogen and oxygen atoms in total. The van der Waals surface area contributed by atoms with Gasteiger partial charge < -0.3 is 9.94 Å². The third-order valence-corrected chi connectivity index (χ3v) is 3.26. The largest absolute Gasteiger partial charge is 0.624 e. The van der Waals surface area contributed by atoms with E-state index in [-0.39, 0.29) is 0 Å². The Morgan fingerprint density at radius 1 is 1.05 bits per heavy atom. The fourth-order valence-corrected chi connectivity index (χ4v) is 2.24. The summed E-state index contributed by atoms with van der Waals surface area (Å²) in [5.74, 6) is 0.713. The van der Waals surface area contributed by atoms with Crippen LogP contribution in [0.5, 0.6) is 5.75 Å². The maximum absolute atomic E-state index is 11.1. The molecule has 0 aliphatic carbocycles. The van der Waals surface area contributed by atoms with Crippen molar-refractivity contribution in [3.8, 4) is 5.75 Å². The van der Waals surface area contributed by atoms with Gasteiger partial charge in [-0.05, 0) is 17.7 Å². The first-order valence-corrected chi connectivity index (χ1v) is 7.04. The fraction of sp³-hybridized carbons (Fsp3) is 0.111. The lowest BCUT2D eigenvalue weighted by Crippen LogP contribution is -2.01. The third-order valence-electron chi connectivity index (χ3n) is 3.26. The molecule has 0 radical (unpaired) electrons. The molecule has 0 unspecified atom stereocenters. The summed E-state index contributed by atoms with van der Waals surface area (Å²) < 4.78 is 6.63. The van der Waals surface area contributed by atoms with Gasteiger partial charge >= 0.3 is 0 Å². The molecule has 0 amide bonds. The number of ether oxygens (including phenoxy) is 1. The smallest absolute Gasteiger partial charge is 0.200 e. The van der Waals surface area contributed by atoms with Crippen molar-refractivity contribution in [2.75, 3.05) is 7.05 Å². The van der Waals surface area contributed by atoms with Crippen LogP contribution in [0.3, 0.4) is 0 Å². The summed E-state index contributed by atoms with van der Waals surface area (Å²) in [5, 5.41) is 12.1. The quantitative estimate of drug-likeness (QED) is 0.320. The molecule has 3 aromatic rings. The minimum atomic E-state index is 0.483. The number of benzene rings is 2. The number of pyridine rings is 1. The molecule has 110 valence electrons. The maximum atomic E-state index is 11.1. The molecule has 0 bridgehead atoms. The Kier molecular flexibility index (Phi) is 4.01. The third kappa shape index (κ3) is 3.23. The molecule has 1 heterocycles. The van der Waals surface area contributed by atoms with Gasteiger partial charge in [-0.2, -0.15) is 0 Å². The van der Waals surface area contributed by atoms with Gasteiger partial charge in [0.1, 0.15) is 30.6 Å². The summed E-state index contributed by atoms with van der Waals surface area (Å²) in [6.45, 7) is 0.483. The zero-order valence-corrected chi connectivity index (χ0v) is 12.3. The molecule has 3 rings (SSSR count). The molecule has 0 saturated heterocycles. The van der Waals surface area contributed by atoms with Gasteiger partial charge in [-0.25, -0.2) is 9.72 Å². The van der Waals surface area contributed by atoms with Gasteiger partial charge in [0, 0.05) is 5.39 Å². The molecular formula is C18H16N2O2. The van der Waals surface area contributed by atoms with E-state index in [1.807, 2.05) is 60.7 Å². The van der Waals surface area contributed by atoms with E-state index < -0.39 is 0 Å². The van der Waals surface area contributed by atoms with E-state index >= 15 is 0 Å². The van der Waals surface area contributed by atoms with Gasteiger partial charge in [0.15, 0.2) is 6.21 Å². The van der Waals surface area contributed by atoms with Crippen molar-refractivity contribution in [3.63, 3.8) is 0 Å². The molecule has 0 fully saturated rings. The zero-order valence-electron chi connectivity index (χ0n) is 12.3. The van der Waals surface area contributed by atoms with Gasteiger partial charge in [0.2, 0.25) is 0 Å². The second-order valence-corrected chi connectivity index (χ2v) is 5.01. The lowest BCUT2D eigenvalue weighted by molar-refractivity contribution is -0.416. The van der Waals surface area contributed by atoms with E-state index in [0.717, 1.165) is 21.2 Å². The maximum Gasteiger partial charge on any atom is 0.200 e. The molecule has 4 heteroatoms. The van der Waals surface area contributed by atoms with Crippen LogP contribution in [0.25, 0.3) is 10.9 Å². The van der Waals surface area contributed by atoms with Crippen LogP contribution in [0.15, 0.2) is 60.7 Å². The van der Waals surface area contributed by atoms with E-state index in [1.54, 1.807) is 0 Å². The monoisotopic (exact) mass is 292 g/mol. The van der Waals surface area contributed by atoms with Crippen LogP contribution < -0.4 is 4.74 Å². The molecule has 0 aliphatic heterocycles. The Labute approximate surface area is 128 Å². The van der Waals surface area contributed by atoms with Crippen LogP contribution >= 0.6 is 0 Å². The number of para-hydroxylation sites is 1. The Morgan fingerprint density at radius 3 is 2.64 bits per heavy atom. The summed E-state index contributed by atoms with van der Waals surface area (Å²) >= 11 is 0. The van der Waals surface area contributed by atoms with E-state index in [1.165, 1.54) is 13.3 Å². The van der Waals surface area contributed by atoms with Crippen LogP contribution in [-0.2, 0) is 6.61 Å². The van der Waals surface area contributed by atoms with Crippen LogP contribution in [0, 0.1) is 5.21 Å². The summed E-state index contributed by atoms with van der Waals surface area (Å²) in [6, 6.07) is 19.5. The molecule has 1 aromatic heterocycles. The highest BCUT2D eigenvalue weighted by Crippen LogP contribution is 2.24. The van der Waals surface area contributed by atoms with Crippen molar-refractivity contribution < 1.29 is 9.48 Å². The first kappa shape index (κ1) is 14.1. The van der Waals surface area contributed by atoms with Crippen molar-refractivity contribution in [1.82, 2.24) is 4.98 Å². The number of hydrogen-bond acceptors (Lipinski definition) is 3. The van der Waals surface area contributed by atoms with E-state index in [9.17, 15) is 5.21 Å². The number of fused-ring (bicyclic) bond motifs is 1. The van der Waals surface area contributed by atoms with Gasteiger partial charge in [0.05, 0.1) is 0 Å². The predicted molar refractivity (Wildman–Crippen MR) is 87.2 cm³/mol. The van der Waals surface area contributed by atoms with Crippen molar-refractivity contribution in [1.29, 1.82) is 0 Å². The van der Waals surface area contributed by atoms with Gasteiger partial charge in [-0.15, -0.1) is 0 Å². The highest BCUT2D eigenvalue weighted by molar-refractivity contribution is 5.87. The second-order valence-electron chi connectivity index (χ2n) is 5.01. The molecule has 0 spiro atoms. The average Bonchev–Trinajstić information content (AvgIpc) is 2.53. The van der Waals surface area contributed by atoms with Crippen molar-refractivity contribution in [2.24, 2.45) is 0 Å². The van der Waals surface area contributed by atoms with Gasteiger partial charge in [0.25, 0.3) is 0 Å². The number of hydrogen-bond donors (Lipinski definition) is 0. The standard InChI is InChI=1S/C18H16N2O2/c1-20(21)12-16-11-10-15-8-5-9-17(18(15)19-16)22-13-14-6-3-2-4-7-14/h2-12H,13H2,1H3/b20-12-. The number of nitrogens with zero attached hydrogens (tertiary/aromatic N) is 2.